The van der Waals surface area contributed by atoms with E-state index in [1.807, 2.05) is 6.92 Å². The van der Waals surface area contributed by atoms with Crippen LogP contribution in [0.25, 0.3) is 0 Å². The van der Waals surface area contributed by atoms with Crippen LogP contribution in [0.5, 0.6) is 0 Å². The van der Waals surface area contributed by atoms with E-state index in [1.54, 1.807) is 18.2 Å². The van der Waals surface area contributed by atoms with Crippen molar-refractivity contribution in [1.29, 1.82) is 0 Å². The smallest absolute Gasteiger partial charge is 0.319 e. The number of imide groups is 1. The van der Waals surface area contributed by atoms with E-state index in [0.717, 1.165) is 24.8 Å². The predicted molar refractivity (Wildman–Crippen MR) is 91.9 cm³/mol. The van der Waals surface area contributed by atoms with E-state index >= 15 is 0 Å². The van der Waals surface area contributed by atoms with Crippen molar-refractivity contribution in [2.45, 2.75) is 52.0 Å². The molecule has 2 atom stereocenters. The summed E-state index contributed by atoms with van der Waals surface area (Å²) in [6.45, 7) is 3.95. The Kier molecular flexibility index (Phi) is 4.55. The quantitative estimate of drug-likeness (QED) is 0.837. The molecule has 128 valence electrons. The molecule has 2 fully saturated rings. The minimum Gasteiger partial charge on any atom is -0.335 e. The molecule has 1 heterocycles. The van der Waals surface area contributed by atoms with Gasteiger partial charge >= 0.3 is 6.03 Å². The van der Waals surface area contributed by atoms with Crippen LogP contribution in [-0.4, -0.2) is 23.9 Å². The van der Waals surface area contributed by atoms with Crippen LogP contribution in [0.2, 0.25) is 0 Å². The van der Waals surface area contributed by atoms with Crippen molar-refractivity contribution in [2.24, 2.45) is 5.92 Å². The third kappa shape index (κ3) is 3.13. The Morgan fingerprint density at radius 2 is 1.88 bits per heavy atom. The number of benzene rings is 1. The second-order valence-corrected chi connectivity index (χ2v) is 6.69. The fourth-order valence-electron chi connectivity index (χ4n) is 3.53. The molecule has 0 radical (unpaired) electrons. The number of carbonyl (C=O) groups excluding carboxylic acids is 3. The normalized spacial score (nSPS) is 23.7. The van der Waals surface area contributed by atoms with Gasteiger partial charge in [-0.15, -0.1) is 0 Å². The van der Waals surface area contributed by atoms with Gasteiger partial charge in [-0.1, -0.05) is 19.4 Å². The molecule has 1 aromatic rings. The van der Waals surface area contributed by atoms with Crippen LogP contribution in [0.4, 0.5) is 16.2 Å². The molecular weight excluding hydrogens is 306 g/mol. The van der Waals surface area contributed by atoms with Crippen molar-refractivity contribution in [1.82, 2.24) is 5.32 Å². The zero-order valence-corrected chi connectivity index (χ0v) is 14.1. The zero-order chi connectivity index (χ0) is 17.3. The molecule has 4 amide bonds. The fraction of sp³-hybridized carbons (Fsp3) is 0.500. The predicted octanol–water partition coefficient (Wildman–Crippen LogP) is 2.96. The second-order valence-electron chi connectivity index (χ2n) is 6.69. The molecule has 0 aromatic heterocycles. The first-order chi connectivity index (χ1) is 11.5. The number of carbonyl (C=O) groups is 3. The fourth-order valence-corrected chi connectivity index (χ4v) is 3.53. The minimum atomic E-state index is -0.243. The van der Waals surface area contributed by atoms with Gasteiger partial charge < -0.3 is 10.6 Å². The Morgan fingerprint density at radius 3 is 2.50 bits per heavy atom. The highest BCUT2D eigenvalue weighted by atomic mass is 16.2. The highest BCUT2D eigenvalue weighted by molar-refractivity contribution is 6.20. The lowest BCUT2D eigenvalue weighted by Crippen LogP contribution is -2.39. The van der Waals surface area contributed by atoms with Gasteiger partial charge in [-0.2, -0.15) is 0 Å². The lowest BCUT2D eigenvalue weighted by molar-refractivity contribution is -0.121. The third-order valence-electron chi connectivity index (χ3n) is 5.02. The van der Waals surface area contributed by atoms with E-state index in [1.165, 1.54) is 4.90 Å². The average molecular weight is 329 g/mol. The highest BCUT2D eigenvalue weighted by Crippen LogP contribution is 2.31. The Balaban J connectivity index is 1.74. The molecular formula is C18H23N3O3. The number of hydrogen-bond acceptors (Lipinski definition) is 3. The third-order valence-corrected chi connectivity index (χ3v) is 5.02. The number of nitrogens with zero attached hydrogens (tertiary/aromatic N) is 1. The highest BCUT2D eigenvalue weighted by Gasteiger charge is 2.32. The van der Waals surface area contributed by atoms with Gasteiger partial charge in [-0.25, -0.2) is 4.79 Å². The first-order valence-electron chi connectivity index (χ1n) is 8.50. The van der Waals surface area contributed by atoms with Gasteiger partial charge in [0.05, 0.1) is 5.69 Å². The van der Waals surface area contributed by atoms with Gasteiger partial charge in [0.1, 0.15) is 0 Å². The van der Waals surface area contributed by atoms with Crippen molar-refractivity contribution in [3.05, 3.63) is 23.8 Å². The zero-order valence-electron chi connectivity index (χ0n) is 14.1. The summed E-state index contributed by atoms with van der Waals surface area (Å²) in [6, 6.07) is 5.22. The summed E-state index contributed by atoms with van der Waals surface area (Å²) in [6.07, 6.45) is 3.77. The van der Waals surface area contributed by atoms with Crippen LogP contribution in [0.1, 0.15) is 44.6 Å². The summed E-state index contributed by atoms with van der Waals surface area (Å²) < 4.78 is 0. The van der Waals surface area contributed by atoms with E-state index in [4.69, 9.17) is 0 Å². The molecule has 3 rings (SSSR count). The van der Waals surface area contributed by atoms with E-state index in [9.17, 15) is 14.4 Å². The average Bonchev–Trinajstić information content (AvgIpc) is 3.08. The van der Waals surface area contributed by atoms with Gasteiger partial charge in [-0.05, 0) is 43.4 Å². The molecule has 1 aliphatic heterocycles. The van der Waals surface area contributed by atoms with Crippen LogP contribution in [-0.2, 0) is 9.59 Å². The van der Waals surface area contributed by atoms with Gasteiger partial charge in [0.25, 0.3) is 0 Å². The van der Waals surface area contributed by atoms with Crippen LogP contribution >= 0.6 is 0 Å². The summed E-state index contributed by atoms with van der Waals surface area (Å²) in [5.41, 5.74) is 1.88. The van der Waals surface area contributed by atoms with E-state index in [0.29, 0.717) is 17.3 Å². The summed E-state index contributed by atoms with van der Waals surface area (Å²) in [7, 11) is 0. The molecule has 0 spiro atoms. The monoisotopic (exact) mass is 329 g/mol. The van der Waals surface area contributed by atoms with Crippen molar-refractivity contribution in [2.75, 3.05) is 10.2 Å². The standard InChI is InChI=1S/C18H23N3O3/c1-11-5-3-6-13(11)19-18(24)20-14-7-4-8-15(12(14)2)21-16(22)9-10-17(21)23/h4,7-8,11,13H,3,5-6,9-10H2,1-2H3,(H2,19,20,24)/t11-,13-/m1/s1. The van der Waals surface area contributed by atoms with Crippen molar-refractivity contribution in [3.8, 4) is 0 Å². The number of amides is 4. The van der Waals surface area contributed by atoms with Crippen molar-refractivity contribution < 1.29 is 14.4 Å². The van der Waals surface area contributed by atoms with Crippen LogP contribution < -0.4 is 15.5 Å². The van der Waals surface area contributed by atoms with Gasteiger partial charge in [0.15, 0.2) is 0 Å². The lowest BCUT2D eigenvalue weighted by atomic mass is 10.1. The van der Waals surface area contributed by atoms with E-state index < -0.39 is 0 Å². The Hall–Kier alpha value is -2.37. The topological polar surface area (TPSA) is 78.5 Å². The van der Waals surface area contributed by atoms with E-state index in [2.05, 4.69) is 17.6 Å². The van der Waals surface area contributed by atoms with Crippen LogP contribution in [0.3, 0.4) is 0 Å². The largest absolute Gasteiger partial charge is 0.335 e. The maximum atomic E-state index is 12.3. The molecule has 24 heavy (non-hydrogen) atoms. The number of anilines is 2. The number of rotatable bonds is 3. The molecule has 0 unspecified atom stereocenters. The number of nitrogens with one attached hydrogen (secondary N) is 2. The summed E-state index contributed by atoms with van der Waals surface area (Å²) in [5, 5.41) is 5.87. The maximum Gasteiger partial charge on any atom is 0.319 e. The number of hydrogen-bond donors (Lipinski definition) is 2. The van der Waals surface area contributed by atoms with Crippen LogP contribution in [0.15, 0.2) is 18.2 Å². The van der Waals surface area contributed by atoms with Gasteiger partial charge in [-0.3, -0.25) is 14.5 Å². The van der Waals surface area contributed by atoms with Gasteiger partial charge in [0, 0.05) is 24.6 Å². The first-order valence-corrected chi connectivity index (χ1v) is 8.50. The van der Waals surface area contributed by atoms with E-state index in [-0.39, 0.29) is 36.7 Å². The molecule has 1 aromatic carbocycles. The summed E-state index contributed by atoms with van der Waals surface area (Å²) >= 11 is 0. The molecule has 1 saturated carbocycles. The van der Waals surface area contributed by atoms with Crippen molar-refractivity contribution >= 4 is 29.2 Å². The lowest BCUT2D eigenvalue weighted by Gasteiger charge is -2.21. The second kappa shape index (κ2) is 6.63. The minimum absolute atomic E-state index is 0.190. The summed E-state index contributed by atoms with van der Waals surface area (Å²) in [5.74, 6) is 0.108. The molecule has 1 saturated heterocycles. The van der Waals surface area contributed by atoms with Crippen molar-refractivity contribution in [3.63, 3.8) is 0 Å². The van der Waals surface area contributed by atoms with Gasteiger partial charge in [0.2, 0.25) is 11.8 Å². The summed E-state index contributed by atoms with van der Waals surface area (Å²) in [4.78, 5) is 37.4. The Morgan fingerprint density at radius 1 is 1.17 bits per heavy atom. The molecule has 6 heteroatoms. The first kappa shape index (κ1) is 16.5. The molecule has 2 N–H and O–H groups in total. The molecule has 2 aliphatic rings. The Bertz CT molecular complexity index is 670. The molecule has 0 bridgehead atoms. The SMILES string of the molecule is Cc1c(NC(=O)N[C@@H]2CCC[C@H]2C)cccc1N1C(=O)CCC1=O. The molecule has 6 nitrogen and oxygen atoms in total. The molecule has 1 aliphatic carbocycles. The Labute approximate surface area is 141 Å². The van der Waals surface area contributed by atoms with Crippen LogP contribution in [0, 0.1) is 12.8 Å². The maximum absolute atomic E-state index is 12.3. The number of urea groups is 1.